The van der Waals surface area contributed by atoms with Gasteiger partial charge in [-0.3, -0.25) is 0 Å². The molecule has 1 unspecified atom stereocenters. The highest BCUT2D eigenvalue weighted by molar-refractivity contribution is 7.99. The zero-order chi connectivity index (χ0) is 15.9. The second-order valence-electron chi connectivity index (χ2n) is 4.68. The quantitative estimate of drug-likeness (QED) is 0.792. The van der Waals surface area contributed by atoms with E-state index < -0.39 is 0 Å². The van der Waals surface area contributed by atoms with Gasteiger partial charge in [0.25, 0.3) is 0 Å². The Hall–Kier alpha value is -2.12. The Kier molecular flexibility index (Phi) is 5.74. The van der Waals surface area contributed by atoms with E-state index in [-0.39, 0.29) is 5.25 Å². The highest BCUT2D eigenvalue weighted by atomic mass is 32.2. The number of hydrogen-bond donors (Lipinski definition) is 0. The standard InChI is InChI=1S/C18H19NO2S/c1-4-22-18(14-7-5-13(12-19)6-8-14)16-11-15(20-2)9-10-17(16)21-3/h5-11,18H,4H2,1-3H3. The number of nitrogens with zero attached hydrogens (tertiary/aromatic N) is 1. The molecule has 114 valence electrons. The molecule has 0 aliphatic heterocycles. The predicted octanol–water partition coefficient (Wildman–Crippen LogP) is 4.42. The summed E-state index contributed by atoms with van der Waals surface area (Å²) in [7, 11) is 3.34. The maximum atomic E-state index is 8.95. The van der Waals surface area contributed by atoms with Gasteiger partial charge < -0.3 is 9.47 Å². The van der Waals surface area contributed by atoms with Crippen molar-refractivity contribution in [3.8, 4) is 17.6 Å². The summed E-state index contributed by atoms with van der Waals surface area (Å²) in [5.74, 6) is 2.63. The normalized spacial score (nSPS) is 11.5. The van der Waals surface area contributed by atoms with Gasteiger partial charge in [-0.1, -0.05) is 19.1 Å². The van der Waals surface area contributed by atoms with Crippen LogP contribution >= 0.6 is 11.8 Å². The molecule has 0 aliphatic carbocycles. The molecule has 0 N–H and O–H groups in total. The van der Waals surface area contributed by atoms with E-state index in [4.69, 9.17) is 14.7 Å². The highest BCUT2D eigenvalue weighted by Crippen LogP contribution is 2.41. The second kappa shape index (κ2) is 7.77. The molecule has 4 heteroatoms. The molecule has 0 bridgehead atoms. The fourth-order valence-electron chi connectivity index (χ4n) is 2.31. The highest BCUT2D eigenvalue weighted by Gasteiger charge is 2.19. The van der Waals surface area contributed by atoms with E-state index in [1.165, 1.54) is 0 Å². The van der Waals surface area contributed by atoms with Crippen LogP contribution in [0.4, 0.5) is 0 Å². The first kappa shape index (κ1) is 16.3. The number of benzene rings is 2. The third-order valence-corrected chi connectivity index (χ3v) is 4.59. The third kappa shape index (κ3) is 3.55. The number of nitriles is 1. The average molecular weight is 313 g/mol. The van der Waals surface area contributed by atoms with E-state index in [1.807, 2.05) is 54.2 Å². The van der Waals surface area contributed by atoms with E-state index in [2.05, 4.69) is 13.0 Å². The van der Waals surface area contributed by atoms with Crippen molar-refractivity contribution in [1.29, 1.82) is 5.26 Å². The van der Waals surface area contributed by atoms with Gasteiger partial charge in [0.05, 0.1) is 31.1 Å². The van der Waals surface area contributed by atoms with Crippen LogP contribution in [0.3, 0.4) is 0 Å². The lowest BCUT2D eigenvalue weighted by atomic mass is 10.0. The first-order valence-corrected chi connectivity index (χ1v) is 8.12. The smallest absolute Gasteiger partial charge is 0.123 e. The van der Waals surface area contributed by atoms with Crippen molar-refractivity contribution < 1.29 is 9.47 Å². The second-order valence-corrected chi connectivity index (χ2v) is 6.06. The van der Waals surface area contributed by atoms with Gasteiger partial charge in [0, 0.05) is 5.56 Å². The Bertz CT molecular complexity index is 662. The summed E-state index contributed by atoms with van der Waals surface area (Å²) in [6.07, 6.45) is 0. The topological polar surface area (TPSA) is 42.2 Å². The number of thioether (sulfide) groups is 1. The van der Waals surface area contributed by atoms with Gasteiger partial charge in [-0.15, -0.1) is 11.8 Å². The van der Waals surface area contributed by atoms with Crippen LogP contribution < -0.4 is 9.47 Å². The fourth-order valence-corrected chi connectivity index (χ4v) is 3.36. The van der Waals surface area contributed by atoms with Crippen molar-refractivity contribution >= 4 is 11.8 Å². The molecule has 3 nitrogen and oxygen atoms in total. The first-order valence-electron chi connectivity index (χ1n) is 7.07. The van der Waals surface area contributed by atoms with Gasteiger partial charge in [-0.25, -0.2) is 0 Å². The van der Waals surface area contributed by atoms with Gasteiger partial charge in [0.2, 0.25) is 0 Å². The third-order valence-electron chi connectivity index (χ3n) is 3.40. The molecule has 0 saturated carbocycles. The molecule has 0 fully saturated rings. The van der Waals surface area contributed by atoms with Gasteiger partial charge in [-0.2, -0.15) is 5.26 Å². The van der Waals surface area contributed by atoms with E-state index in [9.17, 15) is 0 Å². The first-order chi connectivity index (χ1) is 10.7. The van der Waals surface area contributed by atoms with Gasteiger partial charge in [0.1, 0.15) is 11.5 Å². The Morgan fingerprint density at radius 2 is 1.82 bits per heavy atom. The Balaban J connectivity index is 2.48. The van der Waals surface area contributed by atoms with Crippen LogP contribution in [-0.2, 0) is 0 Å². The summed E-state index contributed by atoms with van der Waals surface area (Å²) in [5.41, 5.74) is 2.90. The summed E-state index contributed by atoms with van der Waals surface area (Å²) in [5, 5.41) is 9.09. The van der Waals surface area contributed by atoms with Gasteiger partial charge in [0.15, 0.2) is 0 Å². The molecule has 22 heavy (non-hydrogen) atoms. The van der Waals surface area contributed by atoms with Crippen LogP contribution in [0.2, 0.25) is 0 Å². The summed E-state index contributed by atoms with van der Waals surface area (Å²) < 4.78 is 10.9. The monoisotopic (exact) mass is 313 g/mol. The van der Waals surface area contributed by atoms with E-state index in [0.717, 1.165) is 28.4 Å². The van der Waals surface area contributed by atoms with Crippen LogP contribution in [0.25, 0.3) is 0 Å². The van der Waals surface area contributed by atoms with Crippen LogP contribution in [0, 0.1) is 11.3 Å². The molecular weight excluding hydrogens is 294 g/mol. The average Bonchev–Trinajstić information content (AvgIpc) is 2.59. The number of rotatable bonds is 6. The Labute approximate surface area is 135 Å². The van der Waals surface area contributed by atoms with Crippen LogP contribution in [0.5, 0.6) is 11.5 Å². The number of ether oxygens (including phenoxy) is 2. The summed E-state index contributed by atoms with van der Waals surface area (Å²) in [4.78, 5) is 0. The number of methoxy groups -OCH3 is 2. The van der Waals surface area contributed by atoms with Crippen molar-refractivity contribution in [3.05, 3.63) is 59.2 Å². The molecule has 2 rings (SSSR count). The van der Waals surface area contributed by atoms with Crippen molar-refractivity contribution in [2.24, 2.45) is 0 Å². The number of hydrogen-bond acceptors (Lipinski definition) is 4. The van der Waals surface area contributed by atoms with Crippen molar-refractivity contribution in [1.82, 2.24) is 0 Å². The zero-order valence-electron chi connectivity index (χ0n) is 13.0. The minimum absolute atomic E-state index is 0.141. The maximum Gasteiger partial charge on any atom is 0.123 e. The lowest BCUT2D eigenvalue weighted by Crippen LogP contribution is -2.01. The van der Waals surface area contributed by atoms with Crippen molar-refractivity contribution in [3.63, 3.8) is 0 Å². The minimum Gasteiger partial charge on any atom is -0.497 e. The van der Waals surface area contributed by atoms with Crippen LogP contribution in [-0.4, -0.2) is 20.0 Å². The molecule has 0 spiro atoms. The van der Waals surface area contributed by atoms with Gasteiger partial charge >= 0.3 is 0 Å². The van der Waals surface area contributed by atoms with E-state index in [0.29, 0.717) is 5.56 Å². The summed E-state index contributed by atoms with van der Waals surface area (Å²) >= 11 is 1.83. The molecule has 0 aliphatic rings. The maximum absolute atomic E-state index is 8.95. The largest absolute Gasteiger partial charge is 0.497 e. The van der Waals surface area contributed by atoms with Crippen LogP contribution in [0.15, 0.2) is 42.5 Å². The molecule has 2 aromatic rings. The Morgan fingerprint density at radius 1 is 1.09 bits per heavy atom. The molecule has 0 amide bonds. The van der Waals surface area contributed by atoms with E-state index in [1.54, 1.807) is 14.2 Å². The van der Waals surface area contributed by atoms with E-state index >= 15 is 0 Å². The molecule has 2 aromatic carbocycles. The zero-order valence-corrected chi connectivity index (χ0v) is 13.8. The SMILES string of the molecule is CCSC(c1ccc(C#N)cc1)c1cc(OC)ccc1OC. The minimum atomic E-state index is 0.141. The molecular formula is C18H19NO2S. The molecule has 0 aromatic heterocycles. The lowest BCUT2D eigenvalue weighted by molar-refractivity contribution is 0.399. The molecule has 0 heterocycles. The molecule has 1 atom stereocenters. The Morgan fingerprint density at radius 3 is 2.36 bits per heavy atom. The summed E-state index contributed by atoms with van der Waals surface area (Å²) in [6.45, 7) is 2.13. The fraction of sp³-hybridized carbons (Fsp3) is 0.278. The van der Waals surface area contributed by atoms with Crippen molar-refractivity contribution in [2.75, 3.05) is 20.0 Å². The van der Waals surface area contributed by atoms with Crippen molar-refractivity contribution in [2.45, 2.75) is 12.2 Å². The van der Waals surface area contributed by atoms with Gasteiger partial charge in [-0.05, 0) is 41.6 Å². The molecule has 0 radical (unpaired) electrons. The predicted molar refractivity (Wildman–Crippen MR) is 90.7 cm³/mol. The molecule has 0 saturated heterocycles. The lowest BCUT2D eigenvalue weighted by Gasteiger charge is -2.20. The summed E-state index contributed by atoms with van der Waals surface area (Å²) in [6, 6.07) is 15.7. The van der Waals surface area contributed by atoms with Crippen LogP contribution in [0.1, 0.15) is 28.9 Å².